The SMILES string of the molecule is CC1=C(CO)C(=O)O[C@H]([C@@H](C)[C@H]2CC[C@H]3[C@@H]4CC=C5C[C@@H](O)C[C@H](O)[C@]5(C)[C@H]4CC[C@]23C)C1. The molecule has 10 atom stereocenters. The van der Waals surface area contributed by atoms with Gasteiger partial charge in [-0.3, -0.25) is 0 Å². The molecule has 1 aliphatic heterocycles. The lowest BCUT2D eigenvalue weighted by atomic mass is 9.46. The Morgan fingerprint density at radius 1 is 1.15 bits per heavy atom. The highest BCUT2D eigenvalue weighted by molar-refractivity contribution is 5.90. The second kappa shape index (κ2) is 8.20. The zero-order chi connectivity index (χ0) is 23.7. The van der Waals surface area contributed by atoms with Gasteiger partial charge in [0.25, 0.3) is 0 Å². The van der Waals surface area contributed by atoms with Gasteiger partial charge in [0.15, 0.2) is 0 Å². The smallest absolute Gasteiger partial charge is 0.336 e. The molecule has 4 aliphatic carbocycles. The largest absolute Gasteiger partial charge is 0.458 e. The second-order valence-electron chi connectivity index (χ2n) is 12.4. The van der Waals surface area contributed by atoms with Gasteiger partial charge in [-0.2, -0.15) is 0 Å². The van der Waals surface area contributed by atoms with Crippen molar-refractivity contribution in [2.45, 2.75) is 97.4 Å². The predicted octanol–water partition coefficient (Wildman–Crippen LogP) is 4.16. The average molecular weight is 459 g/mol. The molecule has 5 aliphatic rings. The molecule has 0 amide bonds. The zero-order valence-electron chi connectivity index (χ0n) is 20.7. The summed E-state index contributed by atoms with van der Waals surface area (Å²) in [5.74, 6) is 2.15. The van der Waals surface area contributed by atoms with E-state index >= 15 is 0 Å². The Labute approximate surface area is 198 Å². The number of carbonyl (C=O) groups is 1. The summed E-state index contributed by atoms with van der Waals surface area (Å²) in [6.45, 7) is 8.73. The minimum Gasteiger partial charge on any atom is -0.458 e. The van der Waals surface area contributed by atoms with Gasteiger partial charge in [0.05, 0.1) is 24.4 Å². The van der Waals surface area contributed by atoms with Crippen LogP contribution in [0, 0.1) is 40.4 Å². The van der Waals surface area contributed by atoms with Gasteiger partial charge in [0, 0.05) is 18.3 Å². The summed E-state index contributed by atoms with van der Waals surface area (Å²) in [7, 11) is 0. The van der Waals surface area contributed by atoms with Crippen LogP contribution >= 0.6 is 0 Å². The van der Waals surface area contributed by atoms with E-state index in [2.05, 4.69) is 26.8 Å². The van der Waals surface area contributed by atoms with E-state index in [9.17, 15) is 20.1 Å². The highest BCUT2D eigenvalue weighted by atomic mass is 16.5. The number of rotatable bonds is 3. The monoisotopic (exact) mass is 458 g/mol. The van der Waals surface area contributed by atoms with E-state index in [-0.39, 0.29) is 35.4 Å². The molecule has 0 bridgehead atoms. The molecule has 0 spiro atoms. The van der Waals surface area contributed by atoms with Gasteiger partial charge in [0.2, 0.25) is 0 Å². The normalized spacial score (nSPS) is 48.4. The molecule has 5 heteroatoms. The molecular formula is C28H42O5. The van der Waals surface area contributed by atoms with Crippen molar-refractivity contribution >= 4 is 5.97 Å². The number of hydrogen-bond donors (Lipinski definition) is 3. The number of esters is 1. The number of fused-ring (bicyclic) bond motifs is 5. The Bertz CT molecular complexity index is 876. The third kappa shape index (κ3) is 3.40. The second-order valence-corrected chi connectivity index (χ2v) is 12.4. The number of aliphatic hydroxyl groups is 3. The Morgan fingerprint density at radius 3 is 2.61 bits per heavy atom. The topological polar surface area (TPSA) is 87.0 Å². The first-order valence-corrected chi connectivity index (χ1v) is 13.2. The van der Waals surface area contributed by atoms with Crippen molar-refractivity contribution in [2.75, 3.05) is 6.61 Å². The van der Waals surface area contributed by atoms with E-state index in [1.54, 1.807) is 0 Å². The fourth-order valence-corrected chi connectivity index (χ4v) is 9.21. The summed E-state index contributed by atoms with van der Waals surface area (Å²) >= 11 is 0. The maximum atomic E-state index is 12.5. The summed E-state index contributed by atoms with van der Waals surface area (Å²) in [5.41, 5.74) is 2.72. The number of allylic oxidation sites excluding steroid dienone is 1. The molecule has 3 N–H and O–H groups in total. The molecule has 0 aromatic rings. The molecule has 1 heterocycles. The molecule has 0 aromatic carbocycles. The number of hydrogen-bond acceptors (Lipinski definition) is 5. The molecule has 0 aromatic heterocycles. The molecule has 33 heavy (non-hydrogen) atoms. The van der Waals surface area contributed by atoms with Gasteiger partial charge >= 0.3 is 5.97 Å². The van der Waals surface area contributed by atoms with E-state index in [4.69, 9.17) is 4.74 Å². The molecule has 0 radical (unpaired) electrons. The van der Waals surface area contributed by atoms with E-state index in [0.717, 1.165) is 31.3 Å². The van der Waals surface area contributed by atoms with Gasteiger partial charge < -0.3 is 20.1 Å². The average Bonchev–Trinajstić information content (AvgIpc) is 3.11. The fourth-order valence-electron chi connectivity index (χ4n) is 9.21. The van der Waals surface area contributed by atoms with Crippen LogP contribution in [0.25, 0.3) is 0 Å². The highest BCUT2D eigenvalue weighted by Gasteiger charge is 2.61. The van der Waals surface area contributed by atoms with Crippen molar-refractivity contribution in [2.24, 2.45) is 40.4 Å². The zero-order valence-corrected chi connectivity index (χ0v) is 20.7. The standard InChI is InChI=1S/C28H42O5/c1-15-11-24(33-26(32)20(15)14-29)16(2)21-7-8-22-19-6-5-17-12-18(30)13-25(31)28(17,4)23(19)9-10-27(21,22)3/h5,16,18-19,21-25,29-31H,6-14H2,1-4H3/t16-,18+,19-,21+,22-,23-,24-,25-,27+,28-/m0/s1. The minimum atomic E-state index is -0.460. The Hall–Kier alpha value is -1.17. The van der Waals surface area contributed by atoms with Crippen LogP contribution in [-0.4, -0.2) is 46.2 Å². The van der Waals surface area contributed by atoms with E-state index in [0.29, 0.717) is 42.1 Å². The van der Waals surface area contributed by atoms with Crippen molar-refractivity contribution in [3.63, 3.8) is 0 Å². The molecule has 5 nitrogen and oxygen atoms in total. The van der Waals surface area contributed by atoms with Crippen LogP contribution in [0.4, 0.5) is 0 Å². The van der Waals surface area contributed by atoms with Gasteiger partial charge in [-0.05, 0) is 80.5 Å². The van der Waals surface area contributed by atoms with E-state index in [1.807, 2.05) is 6.92 Å². The number of cyclic esters (lactones) is 1. The molecule has 3 fully saturated rings. The van der Waals surface area contributed by atoms with Crippen LogP contribution < -0.4 is 0 Å². The lowest BCUT2D eigenvalue weighted by molar-refractivity contribution is -0.152. The summed E-state index contributed by atoms with van der Waals surface area (Å²) in [4.78, 5) is 12.5. The summed E-state index contributed by atoms with van der Waals surface area (Å²) in [6, 6.07) is 0. The van der Waals surface area contributed by atoms with Crippen LogP contribution in [-0.2, 0) is 9.53 Å². The van der Waals surface area contributed by atoms with Crippen molar-refractivity contribution in [3.05, 3.63) is 22.8 Å². The Kier molecular flexibility index (Phi) is 5.86. The first kappa shape index (κ1) is 23.6. The lowest BCUT2D eigenvalue weighted by Crippen LogP contribution is -2.56. The van der Waals surface area contributed by atoms with Crippen LogP contribution in [0.2, 0.25) is 0 Å². The van der Waals surface area contributed by atoms with Crippen molar-refractivity contribution in [3.8, 4) is 0 Å². The van der Waals surface area contributed by atoms with Crippen molar-refractivity contribution in [1.82, 2.24) is 0 Å². The minimum absolute atomic E-state index is 0.108. The molecule has 3 saturated carbocycles. The third-order valence-electron chi connectivity index (χ3n) is 11.2. The van der Waals surface area contributed by atoms with Gasteiger partial charge in [-0.25, -0.2) is 4.79 Å². The number of ether oxygens (including phenoxy) is 1. The van der Waals surface area contributed by atoms with Crippen LogP contribution in [0.3, 0.4) is 0 Å². The molecule has 0 unspecified atom stereocenters. The highest BCUT2D eigenvalue weighted by Crippen LogP contribution is 2.67. The predicted molar refractivity (Wildman–Crippen MR) is 126 cm³/mol. The van der Waals surface area contributed by atoms with Gasteiger partial charge in [-0.1, -0.05) is 38.0 Å². The maximum Gasteiger partial charge on any atom is 0.336 e. The quantitative estimate of drug-likeness (QED) is 0.437. The lowest BCUT2D eigenvalue weighted by Gasteiger charge is -2.59. The maximum absolute atomic E-state index is 12.5. The fraction of sp³-hybridized carbons (Fsp3) is 0.821. The van der Waals surface area contributed by atoms with Crippen molar-refractivity contribution < 1.29 is 24.9 Å². The first-order chi connectivity index (χ1) is 15.6. The van der Waals surface area contributed by atoms with Crippen LogP contribution in [0.1, 0.15) is 79.1 Å². The van der Waals surface area contributed by atoms with Crippen LogP contribution in [0.15, 0.2) is 22.8 Å². The Balaban J connectivity index is 1.38. The molecule has 0 saturated heterocycles. The molecular weight excluding hydrogens is 416 g/mol. The summed E-state index contributed by atoms with van der Waals surface area (Å²) in [6.07, 6.45) is 9.05. The van der Waals surface area contributed by atoms with E-state index in [1.165, 1.54) is 18.4 Å². The van der Waals surface area contributed by atoms with Gasteiger partial charge in [-0.15, -0.1) is 0 Å². The molecule has 184 valence electrons. The number of aliphatic hydroxyl groups excluding tert-OH is 3. The summed E-state index contributed by atoms with van der Waals surface area (Å²) in [5, 5.41) is 30.9. The first-order valence-electron chi connectivity index (χ1n) is 13.2. The third-order valence-corrected chi connectivity index (χ3v) is 11.2. The molecule has 5 rings (SSSR count). The summed E-state index contributed by atoms with van der Waals surface area (Å²) < 4.78 is 5.85. The van der Waals surface area contributed by atoms with Gasteiger partial charge in [0.1, 0.15) is 6.10 Å². The van der Waals surface area contributed by atoms with Crippen molar-refractivity contribution in [1.29, 1.82) is 0 Å². The Morgan fingerprint density at radius 2 is 1.91 bits per heavy atom. The van der Waals surface area contributed by atoms with E-state index < -0.39 is 12.2 Å². The number of carbonyl (C=O) groups excluding carboxylic acids is 1. The van der Waals surface area contributed by atoms with Crippen LogP contribution in [0.5, 0.6) is 0 Å².